The van der Waals surface area contributed by atoms with E-state index < -0.39 is 0 Å². The lowest BCUT2D eigenvalue weighted by atomic mass is 10.2. The first kappa shape index (κ1) is 17.9. The molecule has 0 bridgehead atoms. The minimum atomic E-state index is -0.116. The van der Waals surface area contributed by atoms with Crippen LogP contribution in [0, 0.1) is 0 Å². The van der Waals surface area contributed by atoms with Crippen LogP contribution in [-0.2, 0) is 16.1 Å². The largest absolute Gasteiger partial charge is 0.489 e. The van der Waals surface area contributed by atoms with Crippen molar-refractivity contribution < 1.29 is 23.7 Å². The molecule has 1 aliphatic heterocycles. The summed E-state index contributed by atoms with van der Waals surface area (Å²) in [7, 11) is 1.62. The van der Waals surface area contributed by atoms with Gasteiger partial charge in [0.05, 0.1) is 18.8 Å². The van der Waals surface area contributed by atoms with Gasteiger partial charge in [-0.1, -0.05) is 18.2 Å². The highest BCUT2D eigenvalue weighted by Crippen LogP contribution is 2.32. The van der Waals surface area contributed by atoms with Crippen molar-refractivity contribution in [1.29, 1.82) is 0 Å². The predicted octanol–water partition coefficient (Wildman–Crippen LogP) is 2.17. The number of ether oxygens (including phenoxy) is 4. The molecule has 7 nitrogen and oxygen atoms in total. The monoisotopic (exact) mass is 358 g/mol. The van der Waals surface area contributed by atoms with Crippen molar-refractivity contribution in [3.8, 4) is 17.2 Å². The van der Waals surface area contributed by atoms with Gasteiger partial charge in [0.2, 0.25) is 12.7 Å². The standard InChI is InChI=1S/C19H22N2O5/c1-23-8-9-24-16-5-3-2-4-15(16)20-12-19(22)21-11-14-6-7-17-18(10-14)26-13-25-17/h2-7,10,20H,8-9,11-13H2,1H3,(H,21,22). The molecule has 0 saturated carbocycles. The van der Waals surface area contributed by atoms with E-state index in [0.29, 0.717) is 31.3 Å². The van der Waals surface area contributed by atoms with Gasteiger partial charge in [-0.15, -0.1) is 0 Å². The highest BCUT2D eigenvalue weighted by molar-refractivity contribution is 5.81. The molecule has 2 aromatic rings. The second-order valence-corrected chi connectivity index (χ2v) is 5.66. The summed E-state index contributed by atoms with van der Waals surface area (Å²) in [6, 6.07) is 13.1. The van der Waals surface area contributed by atoms with E-state index in [1.54, 1.807) is 7.11 Å². The van der Waals surface area contributed by atoms with Crippen LogP contribution in [0.4, 0.5) is 5.69 Å². The van der Waals surface area contributed by atoms with E-state index in [4.69, 9.17) is 18.9 Å². The summed E-state index contributed by atoms with van der Waals surface area (Å²) in [6.07, 6.45) is 0. The van der Waals surface area contributed by atoms with Gasteiger partial charge in [0, 0.05) is 13.7 Å². The van der Waals surface area contributed by atoms with Crippen LogP contribution in [0.15, 0.2) is 42.5 Å². The van der Waals surface area contributed by atoms with Crippen molar-refractivity contribution in [2.45, 2.75) is 6.54 Å². The highest BCUT2D eigenvalue weighted by atomic mass is 16.7. The van der Waals surface area contributed by atoms with Crippen molar-refractivity contribution in [2.24, 2.45) is 0 Å². The van der Waals surface area contributed by atoms with E-state index in [9.17, 15) is 4.79 Å². The van der Waals surface area contributed by atoms with Crippen LogP contribution in [0.2, 0.25) is 0 Å². The summed E-state index contributed by atoms with van der Waals surface area (Å²) in [4.78, 5) is 12.1. The number of benzene rings is 2. The quantitative estimate of drug-likeness (QED) is 0.669. The fraction of sp³-hybridized carbons (Fsp3) is 0.316. The van der Waals surface area contributed by atoms with Crippen molar-refractivity contribution >= 4 is 11.6 Å². The van der Waals surface area contributed by atoms with Crippen LogP contribution in [-0.4, -0.2) is 39.6 Å². The third kappa shape index (κ3) is 4.80. The predicted molar refractivity (Wildman–Crippen MR) is 96.7 cm³/mol. The number of hydrogen-bond acceptors (Lipinski definition) is 6. The molecule has 0 fully saturated rings. The molecule has 2 aromatic carbocycles. The number of hydrogen-bond donors (Lipinski definition) is 2. The van der Waals surface area contributed by atoms with Gasteiger partial charge in [-0.2, -0.15) is 0 Å². The van der Waals surface area contributed by atoms with Crippen LogP contribution in [0.5, 0.6) is 17.2 Å². The molecular formula is C19H22N2O5. The Labute approximate surface area is 152 Å². The molecule has 138 valence electrons. The molecule has 0 aromatic heterocycles. The molecule has 0 aliphatic carbocycles. The maximum atomic E-state index is 12.1. The molecule has 1 aliphatic rings. The van der Waals surface area contributed by atoms with Gasteiger partial charge in [-0.3, -0.25) is 4.79 Å². The average molecular weight is 358 g/mol. The smallest absolute Gasteiger partial charge is 0.239 e. The number of rotatable bonds is 9. The lowest BCUT2D eigenvalue weighted by Gasteiger charge is -2.13. The fourth-order valence-corrected chi connectivity index (χ4v) is 2.46. The van der Waals surface area contributed by atoms with Crippen LogP contribution in [0.3, 0.4) is 0 Å². The zero-order chi connectivity index (χ0) is 18.2. The van der Waals surface area contributed by atoms with Crippen LogP contribution < -0.4 is 24.8 Å². The second-order valence-electron chi connectivity index (χ2n) is 5.66. The summed E-state index contributed by atoms with van der Waals surface area (Å²) in [5, 5.41) is 5.97. The Balaban J connectivity index is 1.47. The number of para-hydroxylation sites is 2. The topological polar surface area (TPSA) is 78.1 Å². The lowest BCUT2D eigenvalue weighted by Crippen LogP contribution is -2.29. The Kier molecular flexibility index (Phi) is 6.16. The highest BCUT2D eigenvalue weighted by Gasteiger charge is 2.13. The molecule has 0 unspecified atom stereocenters. The summed E-state index contributed by atoms with van der Waals surface area (Å²) in [5.74, 6) is 2.01. The van der Waals surface area contributed by atoms with Gasteiger partial charge in [-0.25, -0.2) is 0 Å². The van der Waals surface area contributed by atoms with Crippen LogP contribution >= 0.6 is 0 Å². The maximum Gasteiger partial charge on any atom is 0.239 e. The first-order valence-corrected chi connectivity index (χ1v) is 8.36. The Hall–Kier alpha value is -2.93. The molecule has 3 rings (SSSR count). The van der Waals surface area contributed by atoms with E-state index in [0.717, 1.165) is 17.0 Å². The molecule has 7 heteroatoms. The molecule has 0 spiro atoms. The first-order chi connectivity index (χ1) is 12.8. The number of methoxy groups -OCH3 is 1. The SMILES string of the molecule is COCCOc1ccccc1NCC(=O)NCc1ccc2c(c1)OCO2. The van der Waals surface area contributed by atoms with E-state index >= 15 is 0 Å². The average Bonchev–Trinajstić information content (AvgIpc) is 3.13. The molecule has 0 saturated heterocycles. The molecule has 2 N–H and O–H groups in total. The van der Waals surface area contributed by atoms with Crippen molar-refractivity contribution in [2.75, 3.05) is 39.0 Å². The third-order valence-electron chi connectivity index (χ3n) is 3.80. The number of nitrogens with one attached hydrogen (secondary N) is 2. The van der Waals surface area contributed by atoms with Crippen molar-refractivity contribution in [3.63, 3.8) is 0 Å². The van der Waals surface area contributed by atoms with Crippen LogP contribution in [0.25, 0.3) is 0 Å². The van der Waals surface area contributed by atoms with Gasteiger partial charge in [0.15, 0.2) is 11.5 Å². The number of amides is 1. The molecule has 1 amide bonds. The molecule has 26 heavy (non-hydrogen) atoms. The summed E-state index contributed by atoms with van der Waals surface area (Å²) in [6.45, 7) is 1.76. The van der Waals surface area contributed by atoms with Gasteiger partial charge in [0.1, 0.15) is 12.4 Å². The Bertz CT molecular complexity index is 750. The van der Waals surface area contributed by atoms with Gasteiger partial charge >= 0.3 is 0 Å². The second kappa shape index (κ2) is 8.96. The van der Waals surface area contributed by atoms with E-state index in [1.807, 2.05) is 42.5 Å². The van der Waals surface area contributed by atoms with E-state index in [-0.39, 0.29) is 19.2 Å². The third-order valence-corrected chi connectivity index (χ3v) is 3.80. The number of fused-ring (bicyclic) bond motifs is 1. The van der Waals surface area contributed by atoms with Crippen molar-refractivity contribution in [1.82, 2.24) is 5.32 Å². The minimum Gasteiger partial charge on any atom is -0.489 e. The number of carbonyl (C=O) groups is 1. The van der Waals surface area contributed by atoms with Gasteiger partial charge in [-0.05, 0) is 29.8 Å². The summed E-state index contributed by atoms with van der Waals surface area (Å²) in [5.41, 5.74) is 1.72. The fourth-order valence-electron chi connectivity index (χ4n) is 2.46. The molecule has 0 radical (unpaired) electrons. The Morgan fingerprint density at radius 1 is 1.12 bits per heavy atom. The molecule has 1 heterocycles. The van der Waals surface area contributed by atoms with Gasteiger partial charge < -0.3 is 29.6 Å². The molecular weight excluding hydrogens is 336 g/mol. The maximum absolute atomic E-state index is 12.1. The normalized spacial score (nSPS) is 11.9. The van der Waals surface area contributed by atoms with E-state index in [2.05, 4.69) is 10.6 Å². The first-order valence-electron chi connectivity index (χ1n) is 8.36. The van der Waals surface area contributed by atoms with Crippen molar-refractivity contribution in [3.05, 3.63) is 48.0 Å². The summed E-state index contributed by atoms with van der Waals surface area (Å²) >= 11 is 0. The zero-order valence-electron chi connectivity index (χ0n) is 14.6. The summed E-state index contributed by atoms with van der Waals surface area (Å²) < 4.78 is 21.2. The molecule has 0 atom stereocenters. The lowest BCUT2D eigenvalue weighted by molar-refractivity contribution is -0.119. The van der Waals surface area contributed by atoms with Gasteiger partial charge in [0.25, 0.3) is 0 Å². The minimum absolute atomic E-state index is 0.116. The number of anilines is 1. The van der Waals surface area contributed by atoms with Crippen LogP contribution in [0.1, 0.15) is 5.56 Å². The Morgan fingerprint density at radius 3 is 2.85 bits per heavy atom. The Morgan fingerprint density at radius 2 is 1.96 bits per heavy atom. The van der Waals surface area contributed by atoms with E-state index in [1.165, 1.54) is 0 Å². The number of carbonyl (C=O) groups excluding carboxylic acids is 1. The zero-order valence-corrected chi connectivity index (χ0v) is 14.6.